The molecule has 0 radical (unpaired) electrons. The summed E-state index contributed by atoms with van der Waals surface area (Å²) in [5.74, 6) is 0.775. The summed E-state index contributed by atoms with van der Waals surface area (Å²) in [5, 5.41) is 9.31. The maximum Gasteiger partial charge on any atom is 0.140 e. The second-order valence-corrected chi connectivity index (χ2v) is 12.1. The number of nitrogens with one attached hydrogen (secondary N) is 2. The Hall–Kier alpha value is -0.980. The summed E-state index contributed by atoms with van der Waals surface area (Å²) in [6.07, 6.45) is 5.46. The van der Waals surface area contributed by atoms with Crippen molar-refractivity contribution in [2.45, 2.75) is 46.7 Å². The molecule has 1 aliphatic heterocycles. The number of aryl methyl sites for hydroxylation is 1. The summed E-state index contributed by atoms with van der Waals surface area (Å²) in [6, 6.07) is 3.98. The monoisotopic (exact) mass is 561 g/mol. The summed E-state index contributed by atoms with van der Waals surface area (Å²) >= 11 is 6.99. The number of halogens is 1. The first-order chi connectivity index (χ1) is 15.3. The molecule has 2 aromatic heterocycles. The van der Waals surface area contributed by atoms with Crippen LogP contribution in [0.1, 0.15) is 25.6 Å². The topological polar surface area (TPSA) is 104 Å². The Morgan fingerprint density at radius 2 is 2.09 bits per heavy atom. The van der Waals surface area contributed by atoms with Gasteiger partial charge in [0.15, 0.2) is 0 Å². The van der Waals surface area contributed by atoms with E-state index in [4.69, 9.17) is 10.1 Å². The molecule has 2 aromatic rings. The van der Waals surface area contributed by atoms with Gasteiger partial charge in [-0.2, -0.15) is 0 Å². The minimum atomic E-state index is -1.24. The molecule has 7 nitrogen and oxygen atoms in total. The first-order valence-corrected chi connectivity index (χ1v) is 14.3. The third-order valence-corrected chi connectivity index (χ3v) is 9.69. The highest BCUT2D eigenvalue weighted by molar-refractivity contribution is 9.10. The predicted octanol–water partition coefficient (Wildman–Crippen LogP) is 4.43. The van der Waals surface area contributed by atoms with E-state index < -0.39 is 10.8 Å². The van der Waals surface area contributed by atoms with Gasteiger partial charge in [0.1, 0.15) is 5.82 Å². The number of nitrogens with two attached hydrogens (primary N) is 1. The van der Waals surface area contributed by atoms with E-state index in [0.717, 1.165) is 65.0 Å². The molecule has 32 heavy (non-hydrogen) atoms. The molecule has 1 atom stereocenters. The van der Waals surface area contributed by atoms with Crippen LogP contribution in [0.4, 0.5) is 5.82 Å². The number of rotatable bonds is 8. The van der Waals surface area contributed by atoms with Gasteiger partial charge in [-0.05, 0) is 54.6 Å². The largest absolute Gasteiger partial charge is 0.390 e. The first kappa shape index (κ1) is 27.3. The minimum Gasteiger partial charge on any atom is -0.390 e. The number of aromatic nitrogens is 1. The van der Waals surface area contributed by atoms with Crippen LogP contribution >= 0.6 is 39.0 Å². The third kappa shape index (κ3) is 7.26. The lowest BCUT2D eigenvalue weighted by Gasteiger charge is -2.41. The van der Waals surface area contributed by atoms with E-state index in [2.05, 4.69) is 63.7 Å². The first-order valence-electron chi connectivity index (χ1n) is 10.3. The molecule has 178 valence electrons. The third-order valence-electron chi connectivity index (χ3n) is 5.04. The maximum absolute atomic E-state index is 13.1. The van der Waals surface area contributed by atoms with E-state index in [1.165, 1.54) is 4.88 Å². The van der Waals surface area contributed by atoms with Gasteiger partial charge in [0.05, 0.1) is 48.8 Å². The average molecular weight is 563 g/mol. The summed E-state index contributed by atoms with van der Waals surface area (Å²) in [5.41, 5.74) is 4.38. The van der Waals surface area contributed by atoms with Gasteiger partial charge in [0, 0.05) is 36.2 Å². The molecular weight excluding hydrogens is 530 g/mol. The van der Waals surface area contributed by atoms with Crippen LogP contribution in [0.3, 0.4) is 0 Å². The van der Waals surface area contributed by atoms with Crippen LogP contribution in [-0.4, -0.2) is 65.1 Å². The summed E-state index contributed by atoms with van der Waals surface area (Å²) < 4.78 is 20.6. The number of ether oxygens (including phenoxy) is 1. The van der Waals surface area contributed by atoms with Gasteiger partial charge in [-0.15, -0.1) is 23.1 Å². The Bertz CT molecular complexity index is 917. The van der Waals surface area contributed by atoms with Gasteiger partial charge >= 0.3 is 0 Å². The summed E-state index contributed by atoms with van der Waals surface area (Å²) in [6.45, 7) is 10.8. The Morgan fingerprint density at radius 3 is 2.66 bits per heavy atom. The predicted molar refractivity (Wildman–Crippen MR) is 140 cm³/mol. The van der Waals surface area contributed by atoms with Crippen LogP contribution in [0.25, 0.3) is 0 Å². The highest BCUT2D eigenvalue weighted by Gasteiger charge is 2.28. The van der Waals surface area contributed by atoms with Gasteiger partial charge in [-0.1, -0.05) is 6.92 Å². The second-order valence-electron chi connectivity index (χ2n) is 7.62. The zero-order chi connectivity index (χ0) is 23.7. The van der Waals surface area contributed by atoms with Crippen molar-refractivity contribution < 1.29 is 8.95 Å². The van der Waals surface area contributed by atoms with Crippen molar-refractivity contribution in [2.75, 3.05) is 44.4 Å². The van der Waals surface area contributed by atoms with E-state index >= 15 is 0 Å². The minimum absolute atomic E-state index is 0.00707. The van der Waals surface area contributed by atoms with Gasteiger partial charge in [-0.25, -0.2) is 9.19 Å². The maximum atomic E-state index is 13.1. The van der Waals surface area contributed by atoms with Gasteiger partial charge < -0.3 is 15.8 Å². The number of morpholine rings is 1. The van der Waals surface area contributed by atoms with Crippen LogP contribution in [0.15, 0.2) is 36.8 Å². The number of thiophene rings is 1. The van der Waals surface area contributed by atoms with Gasteiger partial charge in [-0.3, -0.25) is 10.3 Å². The molecule has 0 spiro atoms. The van der Waals surface area contributed by atoms with Crippen molar-refractivity contribution in [1.82, 2.24) is 9.88 Å². The highest BCUT2D eigenvalue weighted by Crippen LogP contribution is 2.36. The molecular formula is C21H32BrN5O2S3. The fourth-order valence-electron chi connectivity index (χ4n) is 3.21. The van der Waals surface area contributed by atoms with Crippen molar-refractivity contribution in [1.29, 1.82) is 5.41 Å². The smallest absolute Gasteiger partial charge is 0.140 e. The standard InChI is InChI=1S/C20H28BrN3O2S3.CH4N2/c1-5-14-10-17(19(27-4)28-14)29(25)15-11-16(21)18(22-12-15)23-13-20(2,3)24-6-8-26-9-7-24;2-1-3/h10-12H,5-9,13H2,1-4H3,(H,22,23);1H,(H3,2,3). The van der Waals surface area contributed by atoms with Crippen LogP contribution in [0, 0.1) is 5.41 Å². The van der Waals surface area contributed by atoms with Crippen molar-refractivity contribution in [3.05, 3.63) is 27.7 Å². The number of pyridine rings is 1. The molecule has 3 rings (SSSR count). The Labute approximate surface area is 210 Å². The van der Waals surface area contributed by atoms with Crippen LogP contribution < -0.4 is 11.1 Å². The molecule has 3 heterocycles. The zero-order valence-electron chi connectivity index (χ0n) is 18.9. The number of hydrogen-bond acceptors (Lipinski definition) is 8. The number of hydrogen-bond donors (Lipinski definition) is 3. The van der Waals surface area contributed by atoms with Crippen LogP contribution in [-0.2, 0) is 22.0 Å². The highest BCUT2D eigenvalue weighted by atomic mass is 79.9. The van der Waals surface area contributed by atoms with Crippen molar-refractivity contribution in [2.24, 2.45) is 5.73 Å². The lowest BCUT2D eigenvalue weighted by atomic mass is 10.0. The SMILES string of the molecule is CCc1cc(S(=O)c2cnc(NCC(C)(C)N3CCOCC3)c(Br)c2)c(SC)s1.N=CN. The van der Waals surface area contributed by atoms with E-state index in [1.54, 1.807) is 29.3 Å². The van der Waals surface area contributed by atoms with E-state index in [1.807, 2.05) is 12.3 Å². The molecule has 0 aliphatic carbocycles. The summed E-state index contributed by atoms with van der Waals surface area (Å²) in [4.78, 5) is 9.86. The van der Waals surface area contributed by atoms with Gasteiger partial charge in [0.25, 0.3) is 0 Å². The van der Waals surface area contributed by atoms with Crippen LogP contribution in [0.5, 0.6) is 0 Å². The Morgan fingerprint density at radius 1 is 1.44 bits per heavy atom. The number of anilines is 1. The Kier molecular flexibility index (Phi) is 11.1. The second kappa shape index (κ2) is 13.0. The lowest BCUT2D eigenvalue weighted by Crippen LogP contribution is -2.53. The zero-order valence-corrected chi connectivity index (χ0v) is 23.0. The molecule has 0 aromatic carbocycles. The average Bonchev–Trinajstić information content (AvgIpc) is 3.22. The Balaban J connectivity index is 0.00000114. The fraction of sp³-hybridized carbons (Fsp3) is 0.524. The quantitative estimate of drug-likeness (QED) is 0.248. The summed E-state index contributed by atoms with van der Waals surface area (Å²) in [7, 11) is -1.24. The normalized spacial score (nSPS) is 15.5. The van der Waals surface area contributed by atoms with E-state index in [-0.39, 0.29) is 5.54 Å². The van der Waals surface area contributed by atoms with Gasteiger partial charge in [0.2, 0.25) is 0 Å². The number of nitrogens with zero attached hydrogens (tertiary/aromatic N) is 2. The number of thioether (sulfide) groups is 1. The fourth-order valence-corrected chi connectivity index (χ4v) is 7.41. The molecule has 11 heteroatoms. The van der Waals surface area contributed by atoms with Crippen molar-refractivity contribution in [3.8, 4) is 0 Å². The molecule has 1 saturated heterocycles. The molecule has 1 aliphatic rings. The molecule has 1 fully saturated rings. The van der Waals surface area contributed by atoms with E-state index in [9.17, 15) is 4.21 Å². The van der Waals surface area contributed by atoms with Crippen LogP contribution in [0.2, 0.25) is 0 Å². The lowest BCUT2D eigenvalue weighted by molar-refractivity contribution is -0.00570. The molecule has 0 amide bonds. The van der Waals surface area contributed by atoms with Crippen molar-refractivity contribution in [3.63, 3.8) is 0 Å². The van der Waals surface area contributed by atoms with Crippen molar-refractivity contribution >= 4 is 62.0 Å². The molecule has 1 unspecified atom stereocenters. The molecule has 0 saturated carbocycles. The molecule has 0 bridgehead atoms. The molecule has 4 N–H and O–H groups in total. The van der Waals surface area contributed by atoms with E-state index in [0.29, 0.717) is 4.90 Å².